The minimum Gasteiger partial charge on any atom is -0.455 e. The van der Waals surface area contributed by atoms with Gasteiger partial charge in [0.25, 0.3) is 0 Å². The van der Waals surface area contributed by atoms with Crippen LogP contribution in [0.5, 0.6) is 0 Å². The summed E-state index contributed by atoms with van der Waals surface area (Å²) in [4.78, 5) is 15.1. The first kappa shape index (κ1) is 29.3. The van der Waals surface area contributed by atoms with Gasteiger partial charge in [-0.25, -0.2) is 15.0 Å². The van der Waals surface area contributed by atoms with E-state index in [-0.39, 0.29) is 64.0 Å². The molecule has 0 N–H and O–H groups in total. The van der Waals surface area contributed by atoms with E-state index >= 15 is 0 Å². The van der Waals surface area contributed by atoms with Gasteiger partial charge in [0.2, 0.25) is 0 Å². The van der Waals surface area contributed by atoms with Crippen LogP contribution in [0.15, 0.2) is 204 Å². The van der Waals surface area contributed by atoms with Crippen LogP contribution in [0, 0.1) is 0 Å². The Hall–Kier alpha value is -7.99. The van der Waals surface area contributed by atoms with Crippen molar-refractivity contribution < 1.29 is 12.6 Å². The van der Waals surface area contributed by atoms with E-state index in [0.717, 1.165) is 65.6 Å². The first-order chi connectivity index (χ1) is 33.2. The van der Waals surface area contributed by atoms with E-state index in [9.17, 15) is 8.22 Å². The van der Waals surface area contributed by atoms with Crippen molar-refractivity contribution in [2.24, 2.45) is 0 Å². The molecule has 0 aliphatic heterocycles. The lowest BCUT2D eigenvalue weighted by molar-refractivity contribution is 0.670. The van der Waals surface area contributed by atoms with Crippen molar-refractivity contribution in [1.82, 2.24) is 15.0 Å². The summed E-state index contributed by atoms with van der Waals surface area (Å²) in [5, 5.41) is 8.76. The largest absolute Gasteiger partial charge is 0.455 e. The van der Waals surface area contributed by atoms with Gasteiger partial charge < -0.3 is 4.42 Å². The van der Waals surface area contributed by atoms with Gasteiger partial charge in [0.15, 0.2) is 17.5 Å². The second-order valence-electron chi connectivity index (χ2n) is 15.4. The number of benzene rings is 10. The third-order valence-corrected chi connectivity index (χ3v) is 12.8. The number of nitrogens with zero attached hydrogens (tertiary/aromatic N) is 3. The molecule has 0 unspecified atom stereocenters. The Morgan fingerprint density at radius 3 is 1.89 bits per heavy atom. The average Bonchev–Trinajstić information content (AvgIpc) is 3.98. The summed E-state index contributed by atoms with van der Waals surface area (Å²) in [6, 6.07) is 53.2. The maximum absolute atomic E-state index is 9.81. The Kier molecular flexibility index (Phi) is 6.51. The number of aromatic nitrogens is 3. The van der Waals surface area contributed by atoms with Crippen molar-refractivity contribution in [3.8, 4) is 56.4 Å². The fraction of sp³-hybridized carbons (Fsp3) is 0. The lowest BCUT2D eigenvalue weighted by Crippen LogP contribution is -2.00. The Morgan fingerprint density at radius 1 is 0.371 bits per heavy atom. The molecule has 0 bridgehead atoms. The molecule has 13 aromatic rings. The molecule has 0 saturated heterocycles. The fourth-order valence-corrected chi connectivity index (χ4v) is 9.72. The second-order valence-corrected chi connectivity index (χ2v) is 16.4. The monoisotopic (exact) mass is 813 g/mol. The Balaban J connectivity index is 1.04. The standard InChI is InChI=1S/C57H33N3OS/c1-2-10-34(11-3-1)37-13-8-14-39(30-37)55-58-56(40-21-20-36-23-26-44-42-15-5-4-12-35(42)22-27-45(44)49(36)32-40)60-57(59-55)41-24-28-47-50-31-38(25-29-52(50)62-53(47)33-41)43-17-9-18-48-46-16-6-7-19-51(46)61-54(43)48/h1-33H/i24D,25D,28D,29D,31D,33D. The normalized spacial score (nSPS) is 13.2. The summed E-state index contributed by atoms with van der Waals surface area (Å²) in [7, 11) is 0. The Labute approximate surface area is 368 Å². The average molecular weight is 814 g/mol. The number of hydrogen-bond acceptors (Lipinski definition) is 5. The highest BCUT2D eigenvalue weighted by molar-refractivity contribution is 7.25. The zero-order valence-corrected chi connectivity index (χ0v) is 33.6. The topological polar surface area (TPSA) is 51.8 Å². The van der Waals surface area contributed by atoms with Gasteiger partial charge in [0.05, 0.1) is 8.22 Å². The first-order valence-corrected chi connectivity index (χ1v) is 21.2. The van der Waals surface area contributed by atoms with Crippen LogP contribution < -0.4 is 0 Å². The summed E-state index contributed by atoms with van der Waals surface area (Å²) in [5.41, 5.74) is 5.26. The minimum atomic E-state index is -0.290. The predicted octanol–water partition coefficient (Wildman–Crippen LogP) is 15.9. The molecular weight excluding hydrogens is 775 g/mol. The predicted molar refractivity (Wildman–Crippen MR) is 260 cm³/mol. The molecule has 5 heteroatoms. The van der Waals surface area contributed by atoms with Crippen molar-refractivity contribution >= 4 is 85.8 Å². The highest BCUT2D eigenvalue weighted by atomic mass is 32.1. The summed E-state index contributed by atoms with van der Waals surface area (Å²) >= 11 is 1.08. The molecule has 0 aliphatic rings. The van der Waals surface area contributed by atoms with Gasteiger partial charge in [-0.05, 0) is 85.3 Å². The highest BCUT2D eigenvalue weighted by Gasteiger charge is 2.18. The van der Waals surface area contributed by atoms with Gasteiger partial charge >= 0.3 is 0 Å². The summed E-state index contributed by atoms with van der Waals surface area (Å²) in [5.74, 6) is 0.720. The van der Waals surface area contributed by atoms with Crippen LogP contribution in [-0.4, -0.2) is 15.0 Å². The minimum absolute atomic E-state index is 0.0345. The van der Waals surface area contributed by atoms with Crippen LogP contribution in [0.2, 0.25) is 0 Å². The maximum Gasteiger partial charge on any atom is 0.164 e. The SMILES string of the molecule is [2H]c1c(-c2cccc3c2oc2ccccc23)c([2H])c2c(sc3c([2H])c(-c4nc(-c5cccc(-c6ccccc6)c5)nc(-c5ccc6ccc7c8ccccc8ccc7c6c5)n4)c([2H])c([2H])c32)c1[2H]. The van der Waals surface area contributed by atoms with E-state index in [0.29, 0.717) is 48.9 Å². The molecule has 3 heterocycles. The van der Waals surface area contributed by atoms with Crippen LogP contribution in [0.1, 0.15) is 8.22 Å². The molecule has 3 aromatic heterocycles. The molecule has 0 aliphatic carbocycles. The highest BCUT2D eigenvalue weighted by Crippen LogP contribution is 2.42. The second kappa shape index (κ2) is 13.8. The van der Waals surface area contributed by atoms with Crippen molar-refractivity contribution in [2.75, 3.05) is 0 Å². The van der Waals surface area contributed by atoms with Gasteiger partial charge in [-0.15, -0.1) is 11.3 Å². The zero-order chi connectivity index (χ0) is 45.9. The molecule has 13 rings (SSSR count). The number of furan rings is 1. The molecule has 288 valence electrons. The van der Waals surface area contributed by atoms with Crippen molar-refractivity contribution in [3.05, 3.63) is 200 Å². The molecule has 0 spiro atoms. The van der Waals surface area contributed by atoms with E-state index < -0.39 is 0 Å². The van der Waals surface area contributed by atoms with Crippen LogP contribution >= 0.6 is 11.3 Å². The first-order valence-electron chi connectivity index (χ1n) is 23.3. The molecule has 10 aromatic carbocycles. The number of para-hydroxylation sites is 2. The van der Waals surface area contributed by atoms with Crippen LogP contribution in [-0.2, 0) is 0 Å². The summed E-state index contributed by atoms with van der Waals surface area (Å²) in [6.07, 6.45) is 0. The van der Waals surface area contributed by atoms with Crippen molar-refractivity contribution in [2.45, 2.75) is 0 Å². The van der Waals surface area contributed by atoms with E-state index in [1.807, 2.05) is 103 Å². The Bertz CT molecular complexity index is 4300. The molecular formula is C57H33N3OS. The molecule has 0 radical (unpaired) electrons. The molecule has 4 nitrogen and oxygen atoms in total. The number of thiophene rings is 1. The van der Waals surface area contributed by atoms with E-state index in [1.54, 1.807) is 6.07 Å². The molecule has 0 amide bonds. The number of rotatable bonds is 5. The van der Waals surface area contributed by atoms with Gasteiger partial charge in [-0.2, -0.15) is 0 Å². The summed E-state index contributed by atoms with van der Waals surface area (Å²) < 4.78 is 64.2. The van der Waals surface area contributed by atoms with E-state index in [2.05, 4.69) is 54.6 Å². The number of fused-ring (bicyclic) bond motifs is 11. The Morgan fingerprint density at radius 2 is 1.02 bits per heavy atom. The molecule has 62 heavy (non-hydrogen) atoms. The van der Waals surface area contributed by atoms with Gasteiger partial charge in [-0.1, -0.05) is 164 Å². The van der Waals surface area contributed by atoms with Gasteiger partial charge in [0, 0.05) is 53.2 Å². The van der Waals surface area contributed by atoms with Gasteiger partial charge in [0.1, 0.15) is 11.2 Å². The van der Waals surface area contributed by atoms with Crippen molar-refractivity contribution in [3.63, 3.8) is 0 Å². The quantitative estimate of drug-likeness (QED) is 0.162. The van der Waals surface area contributed by atoms with Crippen LogP contribution in [0.25, 0.3) is 131 Å². The van der Waals surface area contributed by atoms with E-state index in [4.69, 9.17) is 19.4 Å². The van der Waals surface area contributed by atoms with E-state index in [1.165, 1.54) is 0 Å². The summed E-state index contributed by atoms with van der Waals surface area (Å²) in [6.45, 7) is 0. The smallest absolute Gasteiger partial charge is 0.164 e. The molecule has 0 atom stereocenters. The fourth-order valence-electron chi connectivity index (χ4n) is 8.75. The lowest BCUT2D eigenvalue weighted by atomic mass is 9.96. The molecule has 0 saturated carbocycles. The molecule has 0 fully saturated rings. The van der Waals surface area contributed by atoms with Gasteiger partial charge in [-0.3, -0.25) is 0 Å². The number of hydrogen-bond donors (Lipinski definition) is 0. The third kappa shape index (κ3) is 5.63. The van der Waals surface area contributed by atoms with Crippen molar-refractivity contribution in [1.29, 1.82) is 0 Å². The maximum atomic E-state index is 9.81. The van der Waals surface area contributed by atoms with Crippen LogP contribution in [0.3, 0.4) is 0 Å². The third-order valence-electron chi connectivity index (χ3n) is 11.8. The van der Waals surface area contributed by atoms with Crippen LogP contribution in [0.4, 0.5) is 0 Å². The zero-order valence-electron chi connectivity index (χ0n) is 38.7. The lowest BCUT2D eigenvalue weighted by Gasteiger charge is -2.11.